The molecule has 34 heavy (non-hydrogen) atoms. The second-order valence-corrected chi connectivity index (χ2v) is 10.1. The zero-order chi connectivity index (χ0) is 24.9. The topological polar surface area (TPSA) is 105 Å². The number of carboxylic acid groups (broad SMARTS) is 1. The summed E-state index contributed by atoms with van der Waals surface area (Å²) in [6.07, 6.45) is 0.219. The molecular weight excluding hydrogens is 432 g/mol. The highest BCUT2D eigenvalue weighted by Gasteiger charge is 2.32. The number of alkyl carbamates (subject to hydrolysis) is 1. The standard InChI is InChI=1S/C27H34N2O5/c1-17(13-14-23(30)29-24(25(31)32)27(2,3)4)15-28-26(33)34-16-22-20-11-7-5-9-18(20)19-10-6-8-12-21(19)22/h5-12,17,22,24H,13-16H2,1-4H3,(H,28,33)(H,29,30)(H,31,32)/t17?,24-/m1/s1. The lowest BCUT2D eigenvalue weighted by atomic mass is 9.86. The van der Waals surface area contributed by atoms with Crippen molar-refractivity contribution >= 4 is 18.0 Å². The molecule has 1 aliphatic rings. The van der Waals surface area contributed by atoms with Crippen LogP contribution in [-0.2, 0) is 14.3 Å². The second-order valence-electron chi connectivity index (χ2n) is 10.1. The van der Waals surface area contributed by atoms with E-state index in [1.807, 2.05) is 31.2 Å². The lowest BCUT2D eigenvalue weighted by molar-refractivity contribution is -0.145. The summed E-state index contributed by atoms with van der Waals surface area (Å²) >= 11 is 0. The van der Waals surface area contributed by atoms with E-state index in [4.69, 9.17) is 4.74 Å². The predicted octanol–water partition coefficient (Wildman–Crippen LogP) is 4.56. The SMILES string of the molecule is CC(CCC(=O)N[C@H](C(=O)O)C(C)(C)C)CNC(=O)OCC1c2ccccc2-c2ccccc21. The van der Waals surface area contributed by atoms with Crippen LogP contribution in [0.2, 0.25) is 0 Å². The van der Waals surface area contributed by atoms with Gasteiger partial charge >= 0.3 is 12.1 Å². The maximum atomic E-state index is 12.3. The summed E-state index contributed by atoms with van der Waals surface area (Å²) in [5, 5.41) is 14.7. The van der Waals surface area contributed by atoms with Crippen LogP contribution in [0.4, 0.5) is 4.79 Å². The summed E-state index contributed by atoms with van der Waals surface area (Å²) in [5.74, 6) is -1.32. The smallest absolute Gasteiger partial charge is 0.407 e. The lowest BCUT2D eigenvalue weighted by Crippen LogP contribution is -2.49. The molecule has 3 N–H and O–H groups in total. The molecule has 7 heteroatoms. The van der Waals surface area contributed by atoms with Crippen molar-refractivity contribution in [3.05, 3.63) is 59.7 Å². The van der Waals surface area contributed by atoms with Gasteiger partial charge in [-0.05, 0) is 40.0 Å². The first-order valence-electron chi connectivity index (χ1n) is 11.7. The Morgan fingerprint density at radius 3 is 2.09 bits per heavy atom. The van der Waals surface area contributed by atoms with Gasteiger partial charge in [0.25, 0.3) is 0 Å². The predicted molar refractivity (Wildman–Crippen MR) is 130 cm³/mol. The van der Waals surface area contributed by atoms with Gasteiger partial charge in [-0.15, -0.1) is 0 Å². The number of hydrogen-bond acceptors (Lipinski definition) is 4. The minimum atomic E-state index is -1.05. The number of carbonyl (C=O) groups excluding carboxylic acids is 2. The Morgan fingerprint density at radius 1 is 1.00 bits per heavy atom. The molecule has 3 rings (SSSR count). The molecular formula is C27H34N2O5. The van der Waals surface area contributed by atoms with Gasteiger partial charge in [-0.25, -0.2) is 9.59 Å². The van der Waals surface area contributed by atoms with Crippen molar-refractivity contribution in [3.63, 3.8) is 0 Å². The summed E-state index contributed by atoms with van der Waals surface area (Å²) in [6.45, 7) is 7.86. The van der Waals surface area contributed by atoms with E-state index in [0.717, 1.165) is 11.1 Å². The summed E-state index contributed by atoms with van der Waals surface area (Å²) in [7, 11) is 0. The Balaban J connectivity index is 1.43. The van der Waals surface area contributed by atoms with E-state index in [1.165, 1.54) is 11.1 Å². The fourth-order valence-corrected chi connectivity index (χ4v) is 4.27. The van der Waals surface area contributed by atoms with Crippen molar-refractivity contribution in [1.29, 1.82) is 0 Å². The first-order valence-corrected chi connectivity index (χ1v) is 11.7. The van der Waals surface area contributed by atoms with E-state index in [-0.39, 0.29) is 30.8 Å². The normalized spacial score (nSPS) is 14.5. The Bertz CT molecular complexity index is 998. The van der Waals surface area contributed by atoms with Crippen molar-refractivity contribution in [2.45, 2.75) is 52.5 Å². The van der Waals surface area contributed by atoms with Crippen LogP contribution in [0.1, 0.15) is 57.6 Å². The number of fused-ring (bicyclic) bond motifs is 3. The number of aliphatic carboxylic acids is 1. The number of ether oxygens (including phenoxy) is 1. The van der Waals surface area contributed by atoms with Gasteiger partial charge in [0.05, 0.1) is 0 Å². The minimum absolute atomic E-state index is 0.00395. The summed E-state index contributed by atoms with van der Waals surface area (Å²) in [6, 6.07) is 15.4. The first-order chi connectivity index (χ1) is 16.1. The quantitative estimate of drug-likeness (QED) is 0.503. The van der Waals surface area contributed by atoms with Gasteiger partial charge in [0.15, 0.2) is 0 Å². The number of rotatable bonds is 9. The third-order valence-corrected chi connectivity index (χ3v) is 6.22. The van der Waals surface area contributed by atoms with Crippen LogP contribution in [0, 0.1) is 11.3 Å². The molecule has 0 saturated heterocycles. The fraction of sp³-hybridized carbons (Fsp3) is 0.444. The average Bonchev–Trinajstić information content (AvgIpc) is 3.11. The van der Waals surface area contributed by atoms with Crippen molar-refractivity contribution in [2.75, 3.05) is 13.2 Å². The summed E-state index contributed by atoms with van der Waals surface area (Å²) in [5.41, 5.74) is 4.08. The van der Waals surface area contributed by atoms with E-state index < -0.39 is 23.5 Å². The van der Waals surface area contributed by atoms with Crippen molar-refractivity contribution in [2.24, 2.45) is 11.3 Å². The Labute approximate surface area is 200 Å². The monoisotopic (exact) mass is 466 g/mol. The fourth-order valence-electron chi connectivity index (χ4n) is 4.27. The van der Waals surface area contributed by atoms with Gasteiger partial charge in [0.1, 0.15) is 12.6 Å². The molecule has 7 nitrogen and oxygen atoms in total. The third kappa shape index (κ3) is 6.16. The van der Waals surface area contributed by atoms with E-state index in [1.54, 1.807) is 20.8 Å². The zero-order valence-corrected chi connectivity index (χ0v) is 20.3. The first kappa shape index (κ1) is 25.3. The number of hydrogen-bond donors (Lipinski definition) is 3. The molecule has 0 spiro atoms. The van der Waals surface area contributed by atoms with E-state index in [2.05, 4.69) is 34.9 Å². The highest BCUT2D eigenvalue weighted by molar-refractivity contribution is 5.84. The highest BCUT2D eigenvalue weighted by Crippen LogP contribution is 2.44. The lowest BCUT2D eigenvalue weighted by Gasteiger charge is -2.27. The number of amides is 2. The van der Waals surface area contributed by atoms with Crippen LogP contribution in [0.15, 0.2) is 48.5 Å². The molecule has 0 heterocycles. The van der Waals surface area contributed by atoms with E-state index in [0.29, 0.717) is 13.0 Å². The molecule has 1 unspecified atom stereocenters. The number of carboxylic acids is 1. The molecule has 182 valence electrons. The Kier molecular flexibility index (Phi) is 7.97. The number of carbonyl (C=O) groups is 3. The molecule has 0 radical (unpaired) electrons. The van der Waals surface area contributed by atoms with Crippen molar-refractivity contribution in [3.8, 4) is 11.1 Å². The van der Waals surface area contributed by atoms with Gasteiger partial charge in [0.2, 0.25) is 5.91 Å². The molecule has 2 amide bonds. The molecule has 2 atom stereocenters. The number of benzene rings is 2. The van der Waals surface area contributed by atoms with Crippen LogP contribution >= 0.6 is 0 Å². The average molecular weight is 467 g/mol. The molecule has 0 bridgehead atoms. The molecule has 0 saturated carbocycles. The largest absolute Gasteiger partial charge is 0.480 e. The maximum absolute atomic E-state index is 12.3. The Hall–Kier alpha value is -3.35. The van der Waals surface area contributed by atoms with Crippen LogP contribution in [0.3, 0.4) is 0 Å². The molecule has 2 aromatic carbocycles. The van der Waals surface area contributed by atoms with Gasteiger partial charge in [-0.2, -0.15) is 0 Å². The van der Waals surface area contributed by atoms with E-state index in [9.17, 15) is 19.5 Å². The second kappa shape index (κ2) is 10.7. The molecule has 1 aliphatic carbocycles. The van der Waals surface area contributed by atoms with E-state index >= 15 is 0 Å². The minimum Gasteiger partial charge on any atom is -0.480 e. The molecule has 0 aromatic heterocycles. The Morgan fingerprint density at radius 2 is 1.56 bits per heavy atom. The maximum Gasteiger partial charge on any atom is 0.407 e. The summed E-state index contributed by atoms with van der Waals surface area (Å²) in [4.78, 5) is 35.9. The van der Waals surface area contributed by atoms with Crippen LogP contribution in [0.25, 0.3) is 11.1 Å². The van der Waals surface area contributed by atoms with Crippen LogP contribution in [-0.4, -0.2) is 42.3 Å². The zero-order valence-electron chi connectivity index (χ0n) is 20.3. The van der Waals surface area contributed by atoms with Crippen LogP contribution in [0.5, 0.6) is 0 Å². The highest BCUT2D eigenvalue weighted by atomic mass is 16.5. The van der Waals surface area contributed by atoms with Crippen molar-refractivity contribution < 1.29 is 24.2 Å². The summed E-state index contributed by atoms with van der Waals surface area (Å²) < 4.78 is 5.54. The molecule has 0 fully saturated rings. The number of nitrogens with one attached hydrogen (secondary N) is 2. The van der Waals surface area contributed by atoms with Gasteiger partial charge in [-0.1, -0.05) is 76.2 Å². The molecule has 0 aliphatic heterocycles. The van der Waals surface area contributed by atoms with Crippen molar-refractivity contribution in [1.82, 2.24) is 10.6 Å². The van der Waals surface area contributed by atoms with Gasteiger partial charge in [-0.3, -0.25) is 4.79 Å². The third-order valence-electron chi connectivity index (χ3n) is 6.22. The van der Waals surface area contributed by atoms with Gasteiger partial charge in [0, 0.05) is 18.9 Å². The molecule has 2 aromatic rings. The van der Waals surface area contributed by atoms with Gasteiger partial charge < -0.3 is 20.5 Å². The van der Waals surface area contributed by atoms with Crippen LogP contribution < -0.4 is 10.6 Å².